The van der Waals surface area contributed by atoms with Gasteiger partial charge in [0.1, 0.15) is 11.6 Å². The van der Waals surface area contributed by atoms with Crippen LogP contribution in [0.4, 0.5) is 11.6 Å². The summed E-state index contributed by atoms with van der Waals surface area (Å²) in [5, 5.41) is 5.63. The van der Waals surface area contributed by atoms with Crippen molar-refractivity contribution in [2.45, 2.75) is 13.8 Å². The summed E-state index contributed by atoms with van der Waals surface area (Å²) >= 11 is 0. The number of aromatic nitrogens is 4. The topological polar surface area (TPSA) is 112 Å². The van der Waals surface area contributed by atoms with Crippen LogP contribution in [0.1, 0.15) is 31.8 Å². The van der Waals surface area contributed by atoms with E-state index in [1.54, 1.807) is 37.3 Å². The van der Waals surface area contributed by atoms with Gasteiger partial charge in [-0.1, -0.05) is 36.4 Å². The van der Waals surface area contributed by atoms with Crippen molar-refractivity contribution in [3.05, 3.63) is 128 Å². The average Bonchev–Trinajstić information content (AvgIpc) is 3.31. The van der Waals surface area contributed by atoms with E-state index in [9.17, 15) is 19.2 Å². The number of benzene rings is 3. The summed E-state index contributed by atoms with van der Waals surface area (Å²) in [5.41, 5.74) is 2.33. The molecule has 0 aliphatic rings. The molecule has 0 aliphatic heterocycles. The Balaban J connectivity index is 1.34. The maximum absolute atomic E-state index is 13.0. The molecule has 0 radical (unpaired) electrons. The second-order valence-electron chi connectivity index (χ2n) is 9.39. The minimum absolute atomic E-state index is 0.234. The highest BCUT2D eigenvalue weighted by Crippen LogP contribution is 2.18. The number of nitrogens with zero attached hydrogens (tertiary/aromatic N) is 4. The van der Waals surface area contributed by atoms with Crippen molar-refractivity contribution in [3.8, 4) is 11.4 Å². The molecule has 2 amide bonds. The van der Waals surface area contributed by atoms with Crippen LogP contribution in [0.3, 0.4) is 0 Å². The summed E-state index contributed by atoms with van der Waals surface area (Å²) in [7, 11) is 3.40. The summed E-state index contributed by atoms with van der Waals surface area (Å²) < 4.78 is 6.17. The van der Waals surface area contributed by atoms with E-state index in [1.165, 1.54) is 33.6 Å². The molecule has 3 aromatic carbocycles. The highest BCUT2D eigenvalue weighted by Gasteiger charge is 2.20. The third kappa shape index (κ3) is 4.55. The number of amides is 2. The molecule has 0 aliphatic carbocycles. The lowest BCUT2D eigenvalue weighted by Crippen LogP contribution is -2.21. The van der Waals surface area contributed by atoms with Crippen LogP contribution in [0, 0.1) is 13.8 Å². The van der Waals surface area contributed by atoms with Crippen molar-refractivity contribution in [2.24, 2.45) is 14.1 Å². The standard InChI is InChI=1S/C30H28N6O4/c1-19-25(33(3)35(29(19)39)23-11-7-5-8-12-23)31-27(37)21-15-17-22(18-16-21)28(38)32-26-20(2)30(40)36(34(26)4)24-13-9-6-10-14-24/h5-18H,1-4H3,(H,31,37)(H,32,38). The maximum Gasteiger partial charge on any atom is 0.276 e. The number of carbonyl (C=O) groups is 2. The molecule has 2 aromatic heterocycles. The van der Waals surface area contributed by atoms with Crippen LogP contribution in [0.5, 0.6) is 0 Å². The van der Waals surface area contributed by atoms with Gasteiger partial charge in [0.05, 0.1) is 22.5 Å². The van der Waals surface area contributed by atoms with Crippen LogP contribution < -0.4 is 21.8 Å². The van der Waals surface area contributed by atoms with E-state index in [0.717, 1.165) is 0 Å². The first-order chi connectivity index (χ1) is 19.2. The second-order valence-corrected chi connectivity index (χ2v) is 9.39. The Hall–Kier alpha value is -5.38. The van der Waals surface area contributed by atoms with Crippen molar-refractivity contribution < 1.29 is 9.59 Å². The van der Waals surface area contributed by atoms with Gasteiger partial charge in [-0.2, -0.15) is 0 Å². The van der Waals surface area contributed by atoms with Crippen LogP contribution in [0.15, 0.2) is 94.5 Å². The number of anilines is 2. The SMILES string of the molecule is Cc1c(NC(=O)c2ccc(C(=O)Nc3c(C)c(=O)n(-c4ccccc4)n3C)cc2)n(C)n(-c2ccccc2)c1=O. The number of para-hydroxylation sites is 2. The zero-order valence-corrected chi connectivity index (χ0v) is 22.5. The van der Waals surface area contributed by atoms with Gasteiger partial charge >= 0.3 is 0 Å². The zero-order valence-electron chi connectivity index (χ0n) is 22.5. The van der Waals surface area contributed by atoms with Crippen LogP contribution >= 0.6 is 0 Å². The predicted molar refractivity (Wildman–Crippen MR) is 154 cm³/mol. The van der Waals surface area contributed by atoms with Gasteiger partial charge in [-0.25, -0.2) is 9.36 Å². The summed E-state index contributed by atoms with van der Waals surface area (Å²) in [6.07, 6.45) is 0. The van der Waals surface area contributed by atoms with Crippen molar-refractivity contribution in [1.29, 1.82) is 0 Å². The van der Waals surface area contributed by atoms with E-state index in [-0.39, 0.29) is 11.1 Å². The molecular weight excluding hydrogens is 508 g/mol. The maximum atomic E-state index is 13.0. The average molecular weight is 537 g/mol. The van der Waals surface area contributed by atoms with E-state index in [0.29, 0.717) is 45.3 Å². The Kier molecular flexibility index (Phi) is 6.83. The van der Waals surface area contributed by atoms with Crippen LogP contribution in [-0.4, -0.2) is 30.5 Å². The Morgan fingerprint density at radius 3 is 1.20 bits per heavy atom. The van der Waals surface area contributed by atoms with Crippen LogP contribution in [-0.2, 0) is 14.1 Å². The number of hydrogen-bond donors (Lipinski definition) is 2. The highest BCUT2D eigenvalue weighted by atomic mass is 16.2. The molecule has 0 saturated heterocycles. The molecule has 5 aromatic rings. The van der Waals surface area contributed by atoms with Gasteiger partial charge in [0.15, 0.2) is 0 Å². The Morgan fingerprint density at radius 2 is 0.875 bits per heavy atom. The molecule has 0 unspecified atom stereocenters. The molecule has 202 valence electrons. The molecule has 0 saturated carbocycles. The fraction of sp³-hybridized carbons (Fsp3) is 0.133. The van der Waals surface area contributed by atoms with Crippen molar-refractivity contribution in [1.82, 2.24) is 18.7 Å². The van der Waals surface area contributed by atoms with Gasteiger partial charge in [-0.15, -0.1) is 0 Å². The molecule has 40 heavy (non-hydrogen) atoms. The summed E-state index contributed by atoms with van der Waals surface area (Å²) in [6.45, 7) is 3.32. The van der Waals surface area contributed by atoms with Crippen molar-refractivity contribution in [3.63, 3.8) is 0 Å². The van der Waals surface area contributed by atoms with E-state index in [4.69, 9.17) is 0 Å². The first-order valence-electron chi connectivity index (χ1n) is 12.6. The van der Waals surface area contributed by atoms with E-state index in [2.05, 4.69) is 10.6 Å². The number of rotatable bonds is 6. The number of carbonyl (C=O) groups excluding carboxylic acids is 2. The molecule has 2 heterocycles. The van der Waals surface area contributed by atoms with E-state index in [1.807, 2.05) is 60.7 Å². The Bertz CT molecular complexity index is 1710. The first kappa shape index (κ1) is 26.2. The van der Waals surface area contributed by atoms with Crippen LogP contribution in [0.25, 0.3) is 11.4 Å². The fourth-order valence-corrected chi connectivity index (χ4v) is 4.68. The third-order valence-corrected chi connectivity index (χ3v) is 6.86. The minimum Gasteiger partial charge on any atom is -0.306 e. The van der Waals surface area contributed by atoms with Crippen molar-refractivity contribution >= 4 is 23.5 Å². The third-order valence-electron chi connectivity index (χ3n) is 6.86. The normalized spacial score (nSPS) is 10.9. The molecule has 5 rings (SSSR count). The predicted octanol–water partition coefficient (Wildman–Crippen LogP) is 3.79. The van der Waals surface area contributed by atoms with E-state index >= 15 is 0 Å². The van der Waals surface area contributed by atoms with Gasteiger partial charge < -0.3 is 10.6 Å². The summed E-state index contributed by atoms with van der Waals surface area (Å²) in [6, 6.07) is 24.4. The highest BCUT2D eigenvalue weighted by molar-refractivity contribution is 6.07. The Labute approximate surface area is 229 Å². The minimum atomic E-state index is -0.422. The largest absolute Gasteiger partial charge is 0.306 e. The van der Waals surface area contributed by atoms with Gasteiger partial charge in [0, 0.05) is 25.2 Å². The fourth-order valence-electron chi connectivity index (χ4n) is 4.68. The molecule has 10 heteroatoms. The quantitative estimate of drug-likeness (QED) is 0.344. The molecule has 2 N–H and O–H groups in total. The first-order valence-corrected chi connectivity index (χ1v) is 12.6. The number of nitrogens with one attached hydrogen (secondary N) is 2. The molecule has 10 nitrogen and oxygen atoms in total. The summed E-state index contributed by atoms with van der Waals surface area (Å²) in [5.74, 6) is -0.0944. The van der Waals surface area contributed by atoms with Gasteiger partial charge in [-0.05, 0) is 62.4 Å². The summed E-state index contributed by atoms with van der Waals surface area (Å²) in [4.78, 5) is 51.8. The molecule has 0 fully saturated rings. The second kappa shape index (κ2) is 10.4. The number of hydrogen-bond acceptors (Lipinski definition) is 4. The van der Waals surface area contributed by atoms with Gasteiger partial charge in [0.2, 0.25) is 0 Å². The van der Waals surface area contributed by atoms with Gasteiger partial charge in [-0.3, -0.25) is 28.5 Å². The smallest absolute Gasteiger partial charge is 0.276 e. The van der Waals surface area contributed by atoms with Crippen LogP contribution in [0.2, 0.25) is 0 Å². The monoisotopic (exact) mass is 536 g/mol. The molecular formula is C30H28N6O4. The molecule has 0 bridgehead atoms. The lowest BCUT2D eigenvalue weighted by Gasteiger charge is -2.12. The Morgan fingerprint density at radius 1 is 0.550 bits per heavy atom. The lowest BCUT2D eigenvalue weighted by atomic mass is 10.1. The zero-order chi connectivity index (χ0) is 28.6. The lowest BCUT2D eigenvalue weighted by molar-refractivity contribution is 0.101. The van der Waals surface area contributed by atoms with Crippen molar-refractivity contribution in [2.75, 3.05) is 10.6 Å². The molecule has 0 spiro atoms. The van der Waals surface area contributed by atoms with Gasteiger partial charge in [0.25, 0.3) is 22.9 Å². The molecule has 0 atom stereocenters. The van der Waals surface area contributed by atoms with E-state index < -0.39 is 11.8 Å².